The zero-order valence-corrected chi connectivity index (χ0v) is 18.4. The van der Waals surface area contributed by atoms with Crippen LogP contribution in [0.4, 0.5) is 0 Å². The van der Waals surface area contributed by atoms with Crippen molar-refractivity contribution in [3.63, 3.8) is 0 Å². The summed E-state index contributed by atoms with van der Waals surface area (Å²) in [5.74, 6) is 0.701. The van der Waals surface area contributed by atoms with Gasteiger partial charge in [-0.15, -0.1) is 0 Å². The molecule has 1 aliphatic rings. The summed E-state index contributed by atoms with van der Waals surface area (Å²) in [5.41, 5.74) is 5.48. The Morgan fingerprint density at radius 2 is 1.91 bits per heavy atom. The fourth-order valence-electron chi connectivity index (χ4n) is 4.30. The molecule has 0 aliphatic carbocycles. The van der Waals surface area contributed by atoms with Crippen molar-refractivity contribution in [3.05, 3.63) is 83.6 Å². The summed E-state index contributed by atoms with van der Waals surface area (Å²) < 4.78 is 11.6. The number of aromatic amines is 1. The van der Waals surface area contributed by atoms with Crippen LogP contribution >= 0.6 is 0 Å². The molecule has 0 bridgehead atoms. The number of aliphatic hydroxyl groups is 1. The SMILES string of the molecule is Cc1cccc(-c2cc3c(c(C(=O)N[C@@H](CO)Cc4c[nH]c5ccccc45)c2)OCCO3)c1. The number of carbonyl (C=O) groups excluding carboxylic acids is 1. The number of fused-ring (bicyclic) bond motifs is 2. The lowest BCUT2D eigenvalue weighted by Crippen LogP contribution is -2.39. The Kier molecular flexibility index (Phi) is 5.75. The van der Waals surface area contributed by atoms with E-state index in [0.717, 1.165) is 33.2 Å². The lowest BCUT2D eigenvalue weighted by atomic mass is 9.99. The smallest absolute Gasteiger partial charge is 0.255 e. The van der Waals surface area contributed by atoms with Gasteiger partial charge in [0.25, 0.3) is 5.91 Å². The van der Waals surface area contributed by atoms with Crippen molar-refractivity contribution in [2.24, 2.45) is 0 Å². The van der Waals surface area contributed by atoms with Crippen LogP contribution in [0.1, 0.15) is 21.5 Å². The molecule has 0 spiro atoms. The number of aromatic nitrogens is 1. The van der Waals surface area contributed by atoms with Gasteiger partial charge in [-0.2, -0.15) is 0 Å². The number of amides is 1. The minimum atomic E-state index is -0.445. The van der Waals surface area contributed by atoms with Gasteiger partial charge in [-0.05, 0) is 48.2 Å². The second-order valence-electron chi connectivity index (χ2n) is 8.33. The Bertz CT molecular complexity index is 1310. The van der Waals surface area contributed by atoms with Crippen molar-refractivity contribution >= 4 is 16.8 Å². The molecule has 3 N–H and O–H groups in total. The highest BCUT2D eigenvalue weighted by Crippen LogP contribution is 2.38. The molecular weight excluding hydrogens is 416 g/mol. The van der Waals surface area contributed by atoms with Crippen LogP contribution in [-0.2, 0) is 6.42 Å². The lowest BCUT2D eigenvalue weighted by Gasteiger charge is -2.23. The third-order valence-electron chi connectivity index (χ3n) is 5.94. The quantitative estimate of drug-likeness (QED) is 0.417. The van der Waals surface area contributed by atoms with Gasteiger partial charge in [-0.3, -0.25) is 4.79 Å². The number of hydrogen-bond acceptors (Lipinski definition) is 4. The molecule has 0 unspecified atom stereocenters. The van der Waals surface area contributed by atoms with Crippen molar-refractivity contribution in [2.45, 2.75) is 19.4 Å². The van der Waals surface area contributed by atoms with Crippen molar-refractivity contribution in [1.29, 1.82) is 0 Å². The molecule has 3 aromatic carbocycles. The van der Waals surface area contributed by atoms with Crippen molar-refractivity contribution in [3.8, 4) is 22.6 Å². The molecule has 168 valence electrons. The van der Waals surface area contributed by atoms with E-state index in [0.29, 0.717) is 36.7 Å². The van der Waals surface area contributed by atoms with Crippen LogP contribution in [0.5, 0.6) is 11.5 Å². The van der Waals surface area contributed by atoms with Gasteiger partial charge in [0.2, 0.25) is 0 Å². The zero-order chi connectivity index (χ0) is 22.8. The van der Waals surface area contributed by atoms with Crippen molar-refractivity contribution in [1.82, 2.24) is 10.3 Å². The molecule has 6 heteroatoms. The van der Waals surface area contributed by atoms with Gasteiger partial charge in [-0.25, -0.2) is 0 Å². The number of H-pyrrole nitrogens is 1. The van der Waals surface area contributed by atoms with E-state index >= 15 is 0 Å². The maximum absolute atomic E-state index is 13.4. The second-order valence-corrected chi connectivity index (χ2v) is 8.33. The van der Waals surface area contributed by atoms with Crippen molar-refractivity contribution in [2.75, 3.05) is 19.8 Å². The first kappa shape index (κ1) is 21.1. The Hall–Kier alpha value is -3.77. The summed E-state index contributed by atoms with van der Waals surface area (Å²) in [6, 6.07) is 19.4. The van der Waals surface area contributed by atoms with E-state index in [1.807, 2.05) is 67.7 Å². The Morgan fingerprint density at radius 3 is 2.76 bits per heavy atom. The second kappa shape index (κ2) is 9.00. The Labute approximate surface area is 192 Å². The van der Waals surface area contributed by atoms with E-state index in [-0.39, 0.29) is 12.5 Å². The van der Waals surface area contributed by atoms with Gasteiger partial charge in [0.05, 0.1) is 18.2 Å². The molecule has 1 atom stereocenters. The molecule has 5 rings (SSSR count). The average Bonchev–Trinajstić information content (AvgIpc) is 3.25. The Balaban J connectivity index is 1.44. The molecular formula is C27H26N2O4. The van der Waals surface area contributed by atoms with Crippen LogP contribution in [0.25, 0.3) is 22.0 Å². The third-order valence-corrected chi connectivity index (χ3v) is 5.94. The monoisotopic (exact) mass is 442 g/mol. The molecule has 1 aromatic heterocycles. The van der Waals surface area contributed by atoms with E-state index < -0.39 is 6.04 Å². The largest absolute Gasteiger partial charge is 0.486 e. The van der Waals surface area contributed by atoms with Gasteiger partial charge in [0.1, 0.15) is 13.2 Å². The third kappa shape index (κ3) is 4.30. The molecule has 0 fully saturated rings. The number of rotatable bonds is 6. The number of aliphatic hydroxyl groups excluding tert-OH is 1. The molecule has 33 heavy (non-hydrogen) atoms. The van der Waals surface area contributed by atoms with Crippen LogP contribution in [0.15, 0.2) is 66.9 Å². The number of aryl methyl sites for hydroxylation is 1. The zero-order valence-electron chi connectivity index (χ0n) is 18.4. The van der Waals surface area contributed by atoms with E-state index in [1.165, 1.54) is 0 Å². The number of para-hydroxylation sites is 1. The van der Waals surface area contributed by atoms with E-state index in [1.54, 1.807) is 0 Å². The molecule has 1 amide bonds. The fourth-order valence-corrected chi connectivity index (χ4v) is 4.30. The highest BCUT2D eigenvalue weighted by molar-refractivity contribution is 5.99. The normalized spacial score (nSPS) is 13.6. The van der Waals surface area contributed by atoms with Crippen molar-refractivity contribution < 1.29 is 19.4 Å². The number of benzene rings is 3. The van der Waals surface area contributed by atoms with E-state index in [4.69, 9.17) is 9.47 Å². The van der Waals surface area contributed by atoms with Crippen LogP contribution in [0.2, 0.25) is 0 Å². The first-order valence-electron chi connectivity index (χ1n) is 11.1. The molecule has 0 radical (unpaired) electrons. The van der Waals surface area contributed by atoms with E-state index in [2.05, 4.69) is 16.4 Å². The maximum Gasteiger partial charge on any atom is 0.255 e. The molecule has 6 nitrogen and oxygen atoms in total. The standard InChI is InChI=1S/C27H26N2O4/c1-17-5-4-6-18(11-17)19-13-23(26-25(14-19)32-9-10-33-26)27(31)29-21(16-30)12-20-15-28-24-8-3-2-7-22(20)24/h2-8,11,13-15,21,28,30H,9-10,12,16H2,1H3,(H,29,31)/t21-/m1/s1. The van der Waals surface area contributed by atoms with Crippen LogP contribution < -0.4 is 14.8 Å². The highest BCUT2D eigenvalue weighted by atomic mass is 16.6. The van der Waals surface area contributed by atoms with Crippen LogP contribution in [-0.4, -0.2) is 41.9 Å². The van der Waals surface area contributed by atoms with Gasteiger partial charge < -0.3 is 24.9 Å². The maximum atomic E-state index is 13.4. The van der Waals surface area contributed by atoms with Gasteiger partial charge >= 0.3 is 0 Å². The minimum Gasteiger partial charge on any atom is -0.486 e. The molecule has 0 saturated heterocycles. The van der Waals surface area contributed by atoms with Crippen LogP contribution in [0.3, 0.4) is 0 Å². The number of carbonyl (C=O) groups is 1. The summed E-state index contributed by atoms with van der Waals surface area (Å²) in [4.78, 5) is 16.6. The van der Waals surface area contributed by atoms with E-state index in [9.17, 15) is 9.90 Å². The van der Waals surface area contributed by atoms with Gasteiger partial charge in [0.15, 0.2) is 11.5 Å². The minimum absolute atomic E-state index is 0.178. The topological polar surface area (TPSA) is 83.6 Å². The number of nitrogens with one attached hydrogen (secondary N) is 2. The molecule has 1 aliphatic heterocycles. The first-order valence-corrected chi connectivity index (χ1v) is 11.1. The first-order chi connectivity index (χ1) is 16.1. The van der Waals surface area contributed by atoms with Gasteiger partial charge in [0, 0.05) is 17.1 Å². The lowest BCUT2D eigenvalue weighted by molar-refractivity contribution is 0.0906. The Morgan fingerprint density at radius 1 is 1.06 bits per heavy atom. The summed E-state index contributed by atoms with van der Waals surface area (Å²) >= 11 is 0. The summed E-state index contributed by atoms with van der Waals surface area (Å²) in [6.07, 6.45) is 2.43. The number of ether oxygens (including phenoxy) is 2. The predicted molar refractivity (Wildman–Crippen MR) is 128 cm³/mol. The summed E-state index contributed by atoms with van der Waals surface area (Å²) in [6.45, 7) is 2.68. The summed E-state index contributed by atoms with van der Waals surface area (Å²) in [5, 5.41) is 14.1. The molecule has 0 saturated carbocycles. The van der Waals surface area contributed by atoms with Gasteiger partial charge in [-0.1, -0.05) is 48.0 Å². The average molecular weight is 443 g/mol. The fraction of sp³-hybridized carbons (Fsp3) is 0.222. The number of hydrogen-bond donors (Lipinski definition) is 3. The molecule has 4 aromatic rings. The predicted octanol–water partition coefficient (Wildman–Crippen LogP) is 4.25. The highest BCUT2D eigenvalue weighted by Gasteiger charge is 2.24. The van der Waals surface area contributed by atoms with Crippen LogP contribution in [0, 0.1) is 6.92 Å². The molecule has 2 heterocycles. The summed E-state index contributed by atoms with van der Waals surface area (Å²) in [7, 11) is 0.